The van der Waals surface area contributed by atoms with Crippen molar-refractivity contribution in [1.82, 2.24) is 5.32 Å². The van der Waals surface area contributed by atoms with Gasteiger partial charge in [-0.3, -0.25) is 0 Å². The van der Waals surface area contributed by atoms with E-state index in [9.17, 15) is 17.6 Å². The van der Waals surface area contributed by atoms with Gasteiger partial charge in [0.2, 0.25) is 0 Å². The summed E-state index contributed by atoms with van der Waals surface area (Å²) < 4.78 is 59.8. The molecule has 1 rings (SSSR count). The van der Waals surface area contributed by atoms with Crippen LogP contribution >= 0.6 is 0 Å². The molecular formula is C14H25F4NO2. The third-order valence-electron chi connectivity index (χ3n) is 3.57. The molecule has 0 aromatic carbocycles. The zero-order valence-corrected chi connectivity index (χ0v) is 12.4. The molecule has 1 fully saturated rings. The van der Waals surface area contributed by atoms with Crippen molar-refractivity contribution in [2.75, 3.05) is 33.0 Å². The lowest BCUT2D eigenvalue weighted by atomic mass is 9.92. The Hall–Kier alpha value is -0.400. The van der Waals surface area contributed by atoms with E-state index in [1.54, 1.807) is 0 Å². The molecule has 0 spiro atoms. The maximum absolute atomic E-state index is 12.8. The molecule has 0 amide bonds. The summed E-state index contributed by atoms with van der Waals surface area (Å²) in [5, 5.41) is 3.23. The molecule has 1 heterocycles. The zero-order valence-electron chi connectivity index (χ0n) is 12.4. The average molecular weight is 315 g/mol. The van der Waals surface area contributed by atoms with Crippen LogP contribution in [0.2, 0.25) is 0 Å². The van der Waals surface area contributed by atoms with Gasteiger partial charge < -0.3 is 14.8 Å². The number of nitrogens with one attached hydrogen (secondary N) is 1. The van der Waals surface area contributed by atoms with Crippen LogP contribution in [0.15, 0.2) is 0 Å². The number of alkyl halides is 4. The third kappa shape index (κ3) is 7.42. The topological polar surface area (TPSA) is 30.5 Å². The second-order valence-corrected chi connectivity index (χ2v) is 5.52. The summed E-state index contributed by atoms with van der Waals surface area (Å²) in [5.74, 6) is -3.61. The first-order valence-electron chi connectivity index (χ1n) is 7.50. The van der Waals surface area contributed by atoms with E-state index in [2.05, 4.69) is 5.32 Å². The molecule has 0 bridgehead atoms. The van der Waals surface area contributed by atoms with Crippen molar-refractivity contribution in [2.45, 2.75) is 51.0 Å². The third-order valence-corrected chi connectivity index (χ3v) is 3.57. The van der Waals surface area contributed by atoms with Gasteiger partial charge in [0.1, 0.15) is 6.61 Å². The lowest BCUT2D eigenvalue weighted by Gasteiger charge is -2.27. The molecule has 1 atom stereocenters. The van der Waals surface area contributed by atoms with Crippen LogP contribution in [0.3, 0.4) is 0 Å². The standard InChI is InChI=1S/C14H25F4NO2/c1-2-5-19-12(8-11-3-6-20-7-4-11)9-21-10-14(17,18)13(15)16/h11-13,19H,2-10H2,1H3. The SMILES string of the molecule is CCCNC(COCC(F)(F)C(F)F)CC1CCOCC1. The molecule has 3 nitrogen and oxygen atoms in total. The molecule has 0 aliphatic carbocycles. The number of hydrogen-bond acceptors (Lipinski definition) is 3. The van der Waals surface area contributed by atoms with E-state index in [0.29, 0.717) is 5.92 Å². The van der Waals surface area contributed by atoms with E-state index in [4.69, 9.17) is 9.47 Å². The van der Waals surface area contributed by atoms with Crippen LogP contribution in [-0.4, -0.2) is 51.4 Å². The summed E-state index contributed by atoms with van der Waals surface area (Å²) in [4.78, 5) is 0. The highest BCUT2D eigenvalue weighted by atomic mass is 19.3. The predicted octanol–water partition coefficient (Wildman–Crippen LogP) is 3.09. The van der Waals surface area contributed by atoms with Gasteiger partial charge in [-0.1, -0.05) is 6.92 Å². The summed E-state index contributed by atoms with van der Waals surface area (Å²) >= 11 is 0. The van der Waals surface area contributed by atoms with E-state index >= 15 is 0 Å². The fourth-order valence-corrected chi connectivity index (χ4v) is 2.34. The van der Waals surface area contributed by atoms with E-state index in [1.165, 1.54) is 0 Å². The van der Waals surface area contributed by atoms with Crippen molar-refractivity contribution in [2.24, 2.45) is 5.92 Å². The number of halogens is 4. The summed E-state index contributed by atoms with van der Waals surface area (Å²) in [6.45, 7) is 2.99. The highest BCUT2D eigenvalue weighted by Gasteiger charge is 2.41. The molecule has 7 heteroatoms. The van der Waals surface area contributed by atoms with Crippen molar-refractivity contribution < 1.29 is 27.0 Å². The first-order valence-corrected chi connectivity index (χ1v) is 7.50. The normalized spacial score (nSPS) is 19.1. The quantitative estimate of drug-likeness (QED) is 0.629. The molecule has 0 aromatic rings. The van der Waals surface area contributed by atoms with E-state index in [1.807, 2.05) is 6.92 Å². The largest absolute Gasteiger partial charge is 0.381 e. The molecule has 21 heavy (non-hydrogen) atoms. The Morgan fingerprint density at radius 1 is 1.29 bits per heavy atom. The Morgan fingerprint density at radius 3 is 2.52 bits per heavy atom. The second kappa shape index (κ2) is 9.58. The molecule has 1 saturated heterocycles. The van der Waals surface area contributed by atoms with Crippen molar-refractivity contribution in [3.63, 3.8) is 0 Å². The fraction of sp³-hybridized carbons (Fsp3) is 1.00. The smallest absolute Gasteiger partial charge is 0.330 e. The Morgan fingerprint density at radius 2 is 1.95 bits per heavy atom. The Balaban J connectivity index is 2.34. The fourth-order valence-electron chi connectivity index (χ4n) is 2.34. The lowest BCUT2D eigenvalue weighted by Crippen LogP contribution is -2.39. The number of hydrogen-bond donors (Lipinski definition) is 1. The summed E-state index contributed by atoms with van der Waals surface area (Å²) in [7, 11) is 0. The van der Waals surface area contributed by atoms with Gasteiger partial charge in [-0.15, -0.1) is 0 Å². The Labute approximate surface area is 123 Å². The van der Waals surface area contributed by atoms with Gasteiger partial charge >= 0.3 is 12.3 Å². The van der Waals surface area contributed by atoms with Gasteiger partial charge in [0.25, 0.3) is 0 Å². The highest BCUT2D eigenvalue weighted by Crippen LogP contribution is 2.24. The Bertz CT molecular complexity index is 274. The van der Waals surface area contributed by atoms with Gasteiger partial charge in [-0.25, -0.2) is 8.78 Å². The van der Waals surface area contributed by atoms with Crippen molar-refractivity contribution in [3.05, 3.63) is 0 Å². The molecule has 1 unspecified atom stereocenters. The van der Waals surface area contributed by atoms with Crippen molar-refractivity contribution in [3.8, 4) is 0 Å². The summed E-state index contributed by atoms with van der Waals surface area (Å²) in [6.07, 6.45) is -0.0918. The second-order valence-electron chi connectivity index (χ2n) is 5.52. The molecule has 1 aliphatic heterocycles. The molecule has 0 radical (unpaired) electrons. The molecular weight excluding hydrogens is 290 g/mol. The van der Waals surface area contributed by atoms with E-state index in [-0.39, 0.29) is 12.6 Å². The van der Waals surface area contributed by atoms with Crippen LogP contribution in [0.5, 0.6) is 0 Å². The lowest BCUT2D eigenvalue weighted by molar-refractivity contribution is -0.167. The van der Waals surface area contributed by atoms with Gasteiger partial charge in [0.05, 0.1) is 6.61 Å². The minimum absolute atomic E-state index is 0.0274. The first kappa shape index (κ1) is 18.6. The van der Waals surface area contributed by atoms with Gasteiger partial charge in [0, 0.05) is 19.3 Å². The molecule has 126 valence electrons. The highest BCUT2D eigenvalue weighted by molar-refractivity contribution is 4.75. The van der Waals surface area contributed by atoms with E-state index < -0.39 is 19.0 Å². The number of ether oxygens (including phenoxy) is 2. The van der Waals surface area contributed by atoms with Gasteiger partial charge in [-0.05, 0) is 38.1 Å². The van der Waals surface area contributed by atoms with Gasteiger partial charge in [0.15, 0.2) is 0 Å². The molecule has 1 N–H and O–H groups in total. The van der Waals surface area contributed by atoms with Crippen molar-refractivity contribution >= 4 is 0 Å². The molecule has 0 saturated carbocycles. The van der Waals surface area contributed by atoms with Crippen LogP contribution in [0.4, 0.5) is 17.6 Å². The average Bonchev–Trinajstić information content (AvgIpc) is 2.45. The van der Waals surface area contributed by atoms with Gasteiger partial charge in [-0.2, -0.15) is 8.78 Å². The summed E-state index contributed by atoms with van der Waals surface area (Å²) in [5.41, 5.74) is 0. The Kier molecular flexibility index (Phi) is 8.51. The van der Waals surface area contributed by atoms with Crippen LogP contribution in [0, 0.1) is 5.92 Å². The monoisotopic (exact) mass is 315 g/mol. The van der Waals surface area contributed by atoms with Crippen molar-refractivity contribution in [1.29, 1.82) is 0 Å². The molecule has 0 aromatic heterocycles. The minimum Gasteiger partial charge on any atom is -0.381 e. The summed E-state index contributed by atoms with van der Waals surface area (Å²) in [6, 6.07) is -0.0819. The molecule has 1 aliphatic rings. The van der Waals surface area contributed by atoms with Crippen LogP contribution in [0.1, 0.15) is 32.6 Å². The maximum Gasteiger partial charge on any atom is 0.330 e. The van der Waals surface area contributed by atoms with E-state index in [0.717, 1.165) is 45.4 Å². The maximum atomic E-state index is 12.8. The first-order chi connectivity index (χ1) is 9.95. The predicted molar refractivity (Wildman–Crippen MR) is 72.0 cm³/mol. The van der Waals surface area contributed by atoms with Crippen LogP contribution in [-0.2, 0) is 9.47 Å². The van der Waals surface area contributed by atoms with Crippen LogP contribution < -0.4 is 5.32 Å². The van der Waals surface area contributed by atoms with Crippen LogP contribution in [0.25, 0.3) is 0 Å². The zero-order chi connectivity index (χ0) is 15.7. The minimum atomic E-state index is -4.08. The number of rotatable bonds is 10.